The summed E-state index contributed by atoms with van der Waals surface area (Å²) in [5.41, 5.74) is 1.92. The number of carbonyl (C=O) groups is 4. The molecule has 1 unspecified atom stereocenters. The average molecular weight is 1230 g/mol. The largest absolute Gasteiger partial charge is 0.507 e. The van der Waals surface area contributed by atoms with Crippen molar-refractivity contribution in [3.8, 4) is 17.2 Å². The Kier molecular flexibility index (Phi) is 27.2. The molecule has 10 nitrogen and oxygen atoms in total. The molecule has 78 heavy (non-hydrogen) atoms. The summed E-state index contributed by atoms with van der Waals surface area (Å²) in [4.78, 5) is 47.9. The third-order valence-corrected chi connectivity index (χ3v) is 18.0. The Hall–Kier alpha value is -5.24. The number of alkyl halides is 1. The maximum absolute atomic E-state index is 11.4. The van der Waals surface area contributed by atoms with Crippen LogP contribution in [0.4, 0.5) is 0 Å². The zero-order valence-corrected chi connectivity index (χ0v) is 51.3. The lowest BCUT2D eigenvalue weighted by atomic mass is 9.98. The highest BCUT2D eigenvalue weighted by atomic mass is 79.9. The minimum atomic E-state index is -0.888. The third kappa shape index (κ3) is 20.8. The number of aryl methyl sites for hydroxylation is 3. The molecule has 6 heterocycles. The van der Waals surface area contributed by atoms with Gasteiger partial charge in [0.25, 0.3) is 0 Å². The average Bonchev–Trinajstić information content (AvgIpc) is 4.32. The minimum Gasteiger partial charge on any atom is -0.507 e. The first-order valence-corrected chi connectivity index (χ1v) is 31.9. The molecular formula is C61H69BrO10S6. The predicted octanol–water partition coefficient (Wildman–Crippen LogP) is 17.9. The fourth-order valence-electron chi connectivity index (χ4n) is 7.36. The van der Waals surface area contributed by atoms with Crippen LogP contribution in [0.15, 0.2) is 124 Å². The van der Waals surface area contributed by atoms with Crippen LogP contribution in [0.25, 0.3) is 30.3 Å². The number of Topliss-reactive ketones (excluding diaryl/α,β-unsaturated/α-hetero) is 2. The summed E-state index contributed by atoms with van der Waals surface area (Å²) in [6.45, 7) is 14.2. The van der Waals surface area contributed by atoms with Crippen molar-refractivity contribution in [2.75, 3.05) is 19.8 Å². The number of fused-ring (bicyclic) bond motifs is 5. The highest BCUT2D eigenvalue weighted by Gasteiger charge is 2.25. The van der Waals surface area contributed by atoms with Gasteiger partial charge in [0.2, 0.25) is 0 Å². The lowest BCUT2D eigenvalue weighted by Gasteiger charge is -2.14. The Bertz CT molecular complexity index is 3230. The summed E-state index contributed by atoms with van der Waals surface area (Å²) in [6, 6.07) is 31.1. The molecule has 3 aromatic carbocycles. The van der Waals surface area contributed by atoms with Gasteiger partial charge in [-0.15, -0.1) is 68.0 Å². The second kappa shape index (κ2) is 33.4. The van der Waals surface area contributed by atoms with E-state index in [1.165, 1.54) is 36.1 Å². The fraction of sp³-hybridized carbons (Fsp3) is 0.344. The van der Waals surface area contributed by atoms with Gasteiger partial charge in [0.1, 0.15) is 22.1 Å². The molecule has 416 valence electrons. The summed E-state index contributed by atoms with van der Waals surface area (Å²) in [5.74, 6) is 2.61. The van der Waals surface area contributed by atoms with Gasteiger partial charge in [0.15, 0.2) is 11.6 Å². The van der Waals surface area contributed by atoms with Gasteiger partial charge in [-0.3, -0.25) is 14.4 Å². The summed E-state index contributed by atoms with van der Waals surface area (Å²) >= 11 is 13.1. The number of hydrogen-bond donors (Lipinski definition) is 4. The van der Waals surface area contributed by atoms with Crippen molar-refractivity contribution in [2.24, 2.45) is 17.8 Å². The van der Waals surface area contributed by atoms with E-state index < -0.39 is 11.9 Å². The minimum absolute atomic E-state index is 0.0598. The van der Waals surface area contributed by atoms with Gasteiger partial charge < -0.3 is 29.9 Å². The van der Waals surface area contributed by atoms with Crippen molar-refractivity contribution in [1.82, 2.24) is 0 Å². The van der Waals surface area contributed by atoms with Crippen LogP contribution in [-0.4, -0.2) is 68.6 Å². The van der Waals surface area contributed by atoms with Crippen molar-refractivity contribution >= 4 is 138 Å². The third-order valence-electron chi connectivity index (χ3n) is 11.3. The van der Waals surface area contributed by atoms with Gasteiger partial charge in [0.05, 0.1) is 18.0 Å². The number of thiophene rings is 6. The van der Waals surface area contributed by atoms with Crippen molar-refractivity contribution in [2.45, 2.75) is 97.7 Å². The molecule has 0 bridgehead atoms. The number of aromatic hydroxyl groups is 1. The maximum Gasteiger partial charge on any atom is 0.345 e. The molecule has 2 aliphatic carbocycles. The molecule has 0 aliphatic heterocycles. The zero-order valence-electron chi connectivity index (χ0n) is 44.8. The number of rotatable bonds is 12. The number of aromatic carboxylic acids is 1. The fourth-order valence-corrected chi connectivity index (χ4v) is 12.9. The molecule has 0 fully saturated rings. The quantitative estimate of drug-likeness (QED) is 0.0865. The van der Waals surface area contributed by atoms with E-state index in [0.29, 0.717) is 47.4 Å². The maximum atomic E-state index is 11.4. The van der Waals surface area contributed by atoms with Gasteiger partial charge in [-0.05, 0) is 156 Å². The normalized spacial score (nSPS) is 13.2. The number of phenols is 1. The molecule has 17 heteroatoms. The topological polar surface area (TPSA) is 168 Å². The number of halogens is 1. The molecule has 4 N–H and O–H groups in total. The molecule has 0 amide bonds. The Morgan fingerprint density at radius 2 is 1.19 bits per heavy atom. The van der Waals surface area contributed by atoms with Crippen LogP contribution >= 0.6 is 84.0 Å². The zero-order chi connectivity index (χ0) is 56.6. The number of carboxylic acid groups (broad SMARTS) is 2. The Labute approximate surface area is 490 Å². The number of aliphatic hydroxyl groups is 1. The van der Waals surface area contributed by atoms with Gasteiger partial charge in [-0.2, -0.15) is 0 Å². The van der Waals surface area contributed by atoms with Crippen molar-refractivity contribution in [3.05, 3.63) is 155 Å². The number of ketones is 2. The van der Waals surface area contributed by atoms with E-state index >= 15 is 0 Å². The molecule has 0 saturated carbocycles. The molecule has 2 aliphatic rings. The van der Waals surface area contributed by atoms with E-state index in [-0.39, 0.29) is 17.0 Å². The van der Waals surface area contributed by atoms with E-state index in [2.05, 4.69) is 67.2 Å². The molecule has 0 radical (unpaired) electrons. The second-order valence-corrected chi connectivity index (χ2v) is 26.4. The van der Waals surface area contributed by atoms with Gasteiger partial charge in [0, 0.05) is 75.5 Å². The van der Waals surface area contributed by atoms with Crippen LogP contribution in [0.2, 0.25) is 0 Å². The first-order valence-electron chi connectivity index (χ1n) is 25.8. The first kappa shape index (κ1) is 63.6. The summed E-state index contributed by atoms with van der Waals surface area (Å²) in [5, 5.41) is 47.9. The van der Waals surface area contributed by atoms with Crippen molar-refractivity contribution in [1.29, 1.82) is 0 Å². The molecule has 6 aromatic heterocycles. The van der Waals surface area contributed by atoms with E-state index in [9.17, 15) is 24.3 Å². The molecule has 1 atom stereocenters. The van der Waals surface area contributed by atoms with E-state index in [1.54, 1.807) is 68.8 Å². The van der Waals surface area contributed by atoms with Crippen LogP contribution < -0.4 is 9.47 Å². The smallest absolute Gasteiger partial charge is 0.345 e. The lowest BCUT2D eigenvalue weighted by Crippen LogP contribution is -2.20. The number of ether oxygens (including phenoxy) is 2. The number of phenolic OH excluding ortho intramolecular Hbond substituents is 1. The number of carbonyl (C=O) groups excluding carboxylic acids is 2. The summed E-state index contributed by atoms with van der Waals surface area (Å²) in [6.07, 6.45) is 6.83. The van der Waals surface area contributed by atoms with Gasteiger partial charge >= 0.3 is 11.9 Å². The van der Waals surface area contributed by atoms with Gasteiger partial charge in [-0.1, -0.05) is 81.7 Å². The first-order chi connectivity index (χ1) is 37.4. The number of hydrogen-bond acceptors (Lipinski definition) is 14. The lowest BCUT2D eigenvalue weighted by molar-refractivity contribution is -0.137. The number of aliphatic hydroxyl groups excluding tert-OH is 1. The Morgan fingerprint density at radius 3 is 1.76 bits per heavy atom. The van der Waals surface area contributed by atoms with Crippen LogP contribution in [0.5, 0.6) is 17.2 Å². The van der Waals surface area contributed by atoms with Crippen LogP contribution in [0.1, 0.15) is 119 Å². The highest BCUT2D eigenvalue weighted by Crippen LogP contribution is 2.34. The molecule has 0 saturated heterocycles. The predicted molar refractivity (Wildman–Crippen MR) is 333 cm³/mol. The molecule has 9 aromatic rings. The van der Waals surface area contributed by atoms with Crippen molar-refractivity contribution < 1.29 is 49.1 Å². The molecule has 11 rings (SSSR count). The number of carboxylic acids is 2. The van der Waals surface area contributed by atoms with E-state index in [0.717, 1.165) is 94.4 Å². The number of aliphatic carboxylic acids is 1. The standard InChI is InChI=1S/C13H14O3S.C12H14OS.C8H7BrOS.C8H10O2S.C8H8OS.C8H6OS.C4H10O/c1-8(2)7-16-10-4-3-5-11-9(10)6-12(17-11)13(14)15;1-9(2)8-13-11-4-3-5-12-10(11)6-7-14-12;9-6-1-2-7-5(8(6)10)3-4-11-7;9-8(10)5-1-3-7-4-2-6-11-7;2*9-7-2-1-3-8-6(7)4-5-10-8;1-4(2)3-5/h3-6,8H,7H2,1-2H3,(H,14,15);3-7,9H,8H2,1-2H3;3-4,6H,1-2H2;2,4,6H,1,3,5H2,(H,9,10);4-5H,1-3H2;1-5,9H;4-5H,3H2,1-2H3. The number of benzene rings is 3. The summed E-state index contributed by atoms with van der Waals surface area (Å²) in [7, 11) is 0. The van der Waals surface area contributed by atoms with Gasteiger partial charge in [-0.25, -0.2) is 4.79 Å². The molecular weight excluding hydrogens is 1160 g/mol. The molecule has 0 spiro atoms. The van der Waals surface area contributed by atoms with Crippen LogP contribution in [-0.2, 0) is 24.1 Å². The van der Waals surface area contributed by atoms with Crippen LogP contribution in [0.3, 0.4) is 0 Å². The van der Waals surface area contributed by atoms with E-state index in [1.807, 2.05) is 102 Å². The monoisotopic (exact) mass is 1230 g/mol. The Balaban J connectivity index is 0.000000171. The van der Waals surface area contributed by atoms with E-state index in [4.69, 9.17) is 24.8 Å². The Morgan fingerprint density at radius 1 is 0.628 bits per heavy atom. The highest BCUT2D eigenvalue weighted by molar-refractivity contribution is 9.10. The summed E-state index contributed by atoms with van der Waals surface area (Å²) < 4.78 is 14.8. The SMILES string of the molecule is CC(C)CO.CC(C)COc1cccc2sc(C(=O)O)cc12.CC(C)COc1cccc2sccc12.O=C(O)CCCc1cccs1.O=C1CCCc2sccc21.O=C1c2ccsc2CCC1Br.Oc1cccc2sccc12. The van der Waals surface area contributed by atoms with Crippen LogP contribution in [0, 0.1) is 17.8 Å². The van der Waals surface area contributed by atoms with Crippen molar-refractivity contribution in [3.63, 3.8) is 0 Å². The second-order valence-electron chi connectivity index (χ2n) is 19.3.